The van der Waals surface area contributed by atoms with Gasteiger partial charge in [0.2, 0.25) is 0 Å². The van der Waals surface area contributed by atoms with Crippen molar-refractivity contribution in [1.29, 1.82) is 0 Å². The Balaban J connectivity index is 2.11. The van der Waals surface area contributed by atoms with E-state index in [4.69, 9.17) is 15.2 Å². The zero-order valence-electron chi connectivity index (χ0n) is 10.5. The molecule has 0 aliphatic carbocycles. The lowest BCUT2D eigenvalue weighted by molar-refractivity contribution is 0.287. The maximum absolute atomic E-state index is 5.66. The van der Waals surface area contributed by atoms with Crippen LogP contribution < -0.4 is 15.2 Å². The van der Waals surface area contributed by atoms with E-state index in [0.29, 0.717) is 18.9 Å². The second kappa shape index (κ2) is 5.50. The molecule has 2 N–H and O–H groups in total. The summed E-state index contributed by atoms with van der Waals surface area (Å²) in [5.41, 5.74) is 6.58. The van der Waals surface area contributed by atoms with Crippen molar-refractivity contribution in [3.05, 3.63) is 35.9 Å². The molecule has 18 heavy (non-hydrogen) atoms. The van der Waals surface area contributed by atoms with E-state index in [1.165, 1.54) is 6.33 Å². The molecule has 6 heteroatoms. The number of hydrogen-bond donors (Lipinski definition) is 1. The average molecular weight is 248 g/mol. The van der Waals surface area contributed by atoms with E-state index >= 15 is 0 Å². The normalized spacial score (nSPS) is 10.4. The van der Waals surface area contributed by atoms with Gasteiger partial charge in [-0.2, -0.15) is 5.10 Å². The summed E-state index contributed by atoms with van der Waals surface area (Å²) >= 11 is 0. The first kappa shape index (κ1) is 12.4. The Morgan fingerprint density at radius 3 is 2.67 bits per heavy atom. The number of nitrogens with zero attached hydrogens (tertiary/aromatic N) is 3. The SMILES string of the molecule is COc1cc(CN)cc(OCc2ncnn2C)c1. The zero-order chi connectivity index (χ0) is 13.0. The summed E-state index contributed by atoms with van der Waals surface area (Å²) in [7, 11) is 3.44. The van der Waals surface area contributed by atoms with E-state index in [1.54, 1.807) is 11.8 Å². The molecular formula is C12H16N4O2. The molecule has 0 atom stereocenters. The minimum atomic E-state index is 0.355. The molecule has 2 aromatic rings. The highest BCUT2D eigenvalue weighted by molar-refractivity contribution is 5.38. The van der Waals surface area contributed by atoms with E-state index in [9.17, 15) is 0 Å². The first-order valence-corrected chi connectivity index (χ1v) is 5.56. The maximum Gasteiger partial charge on any atom is 0.164 e. The highest BCUT2D eigenvalue weighted by Crippen LogP contribution is 2.23. The van der Waals surface area contributed by atoms with Crippen molar-refractivity contribution in [3.8, 4) is 11.5 Å². The van der Waals surface area contributed by atoms with Crippen molar-refractivity contribution in [2.45, 2.75) is 13.2 Å². The molecule has 0 bridgehead atoms. The van der Waals surface area contributed by atoms with E-state index in [-0.39, 0.29) is 0 Å². The third-order valence-corrected chi connectivity index (χ3v) is 2.58. The molecule has 0 aliphatic heterocycles. The van der Waals surface area contributed by atoms with Crippen LogP contribution in [0.2, 0.25) is 0 Å². The summed E-state index contributed by atoms with van der Waals surface area (Å²) in [6, 6.07) is 5.59. The molecule has 0 fully saturated rings. The molecule has 2 rings (SSSR count). The van der Waals surface area contributed by atoms with Gasteiger partial charge in [0.1, 0.15) is 24.4 Å². The van der Waals surface area contributed by atoms with Gasteiger partial charge in [-0.15, -0.1) is 0 Å². The summed E-state index contributed by atoms with van der Waals surface area (Å²) in [4.78, 5) is 4.09. The molecule has 1 aromatic heterocycles. The molecule has 0 amide bonds. The maximum atomic E-state index is 5.66. The van der Waals surface area contributed by atoms with Crippen LogP contribution in [-0.2, 0) is 20.2 Å². The monoisotopic (exact) mass is 248 g/mol. The van der Waals surface area contributed by atoms with E-state index in [0.717, 1.165) is 17.1 Å². The highest BCUT2D eigenvalue weighted by atomic mass is 16.5. The van der Waals surface area contributed by atoms with Gasteiger partial charge in [0, 0.05) is 19.7 Å². The molecule has 0 saturated carbocycles. The molecule has 1 aromatic carbocycles. The van der Waals surface area contributed by atoms with Gasteiger partial charge < -0.3 is 15.2 Å². The van der Waals surface area contributed by atoms with E-state index in [2.05, 4.69) is 10.1 Å². The van der Waals surface area contributed by atoms with Crippen LogP contribution in [0.3, 0.4) is 0 Å². The highest BCUT2D eigenvalue weighted by Gasteiger charge is 2.04. The molecular weight excluding hydrogens is 232 g/mol. The fourth-order valence-corrected chi connectivity index (χ4v) is 1.55. The van der Waals surface area contributed by atoms with Crippen molar-refractivity contribution in [1.82, 2.24) is 14.8 Å². The van der Waals surface area contributed by atoms with E-state index < -0.39 is 0 Å². The predicted octanol–water partition coefficient (Wildman–Crippen LogP) is 0.861. The molecule has 96 valence electrons. The van der Waals surface area contributed by atoms with Crippen molar-refractivity contribution in [2.24, 2.45) is 12.8 Å². The minimum Gasteiger partial charge on any atom is -0.497 e. The summed E-state index contributed by atoms with van der Waals surface area (Å²) in [5.74, 6) is 2.19. The van der Waals surface area contributed by atoms with Crippen LogP contribution in [0.5, 0.6) is 11.5 Å². The van der Waals surface area contributed by atoms with Crippen LogP contribution in [0, 0.1) is 0 Å². The minimum absolute atomic E-state index is 0.355. The van der Waals surface area contributed by atoms with Crippen LogP contribution in [0.25, 0.3) is 0 Å². The van der Waals surface area contributed by atoms with Gasteiger partial charge in [-0.3, -0.25) is 4.68 Å². The van der Waals surface area contributed by atoms with Crippen LogP contribution >= 0.6 is 0 Å². The number of nitrogens with two attached hydrogens (primary N) is 1. The topological polar surface area (TPSA) is 75.2 Å². The van der Waals surface area contributed by atoms with Crippen LogP contribution in [-0.4, -0.2) is 21.9 Å². The Bertz CT molecular complexity index is 502. The number of benzene rings is 1. The Labute approximate surface area is 105 Å². The molecule has 0 aliphatic rings. The second-order valence-electron chi connectivity index (χ2n) is 3.81. The third kappa shape index (κ3) is 2.78. The van der Waals surface area contributed by atoms with Crippen molar-refractivity contribution in [2.75, 3.05) is 7.11 Å². The molecule has 0 unspecified atom stereocenters. The Hall–Kier alpha value is -2.08. The van der Waals surface area contributed by atoms with Gasteiger partial charge in [-0.05, 0) is 17.7 Å². The summed E-state index contributed by atoms with van der Waals surface area (Å²) in [5, 5.41) is 3.98. The van der Waals surface area contributed by atoms with Gasteiger partial charge >= 0.3 is 0 Å². The number of aromatic nitrogens is 3. The fraction of sp³-hybridized carbons (Fsp3) is 0.333. The summed E-state index contributed by atoms with van der Waals surface area (Å²) in [6.45, 7) is 0.797. The largest absolute Gasteiger partial charge is 0.497 e. The van der Waals surface area contributed by atoms with Crippen molar-refractivity contribution >= 4 is 0 Å². The fourth-order valence-electron chi connectivity index (χ4n) is 1.55. The Kier molecular flexibility index (Phi) is 3.78. The van der Waals surface area contributed by atoms with Gasteiger partial charge in [-0.25, -0.2) is 4.98 Å². The summed E-state index contributed by atoms with van der Waals surface area (Å²) < 4.78 is 12.5. The smallest absolute Gasteiger partial charge is 0.164 e. The van der Waals surface area contributed by atoms with Crippen LogP contribution in [0.15, 0.2) is 24.5 Å². The van der Waals surface area contributed by atoms with Crippen LogP contribution in [0.1, 0.15) is 11.4 Å². The van der Waals surface area contributed by atoms with E-state index in [1.807, 2.05) is 25.2 Å². The van der Waals surface area contributed by atoms with Gasteiger partial charge in [-0.1, -0.05) is 0 Å². The molecule has 0 radical (unpaired) electrons. The summed E-state index contributed by atoms with van der Waals surface area (Å²) in [6.07, 6.45) is 1.50. The standard InChI is InChI=1S/C12H16N4O2/c1-16-12(14-8-15-16)7-18-11-4-9(6-13)3-10(5-11)17-2/h3-5,8H,6-7,13H2,1-2H3. The number of methoxy groups -OCH3 is 1. The lowest BCUT2D eigenvalue weighted by Gasteiger charge is -2.09. The Morgan fingerprint density at radius 2 is 2.06 bits per heavy atom. The second-order valence-corrected chi connectivity index (χ2v) is 3.81. The molecule has 0 spiro atoms. The number of aryl methyl sites for hydroxylation is 1. The Morgan fingerprint density at radius 1 is 1.28 bits per heavy atom. The van der Waals surface area contributed by atoms with Crippen molar-refractivity contribution < 1.29 is 9.47 Å². The predicted molar refractivity (Wildman–Crippen MR) is 66.2 cm³/mol. The van der Waals surface area contributed by atoms with Crippen molar-refractivity contribution in [3.63, 3.8) is 0 Å². The first-order valence-electron chi connectivity index (χ1n) is 5.56. The molecule has 6 nitrogen and oxygen atoms in total. The van der Waals surface area contributed by atoms with Gasteiger partial charge in [0.25, 0.3) is 0 Å². The van der Waals surface area contributed by atoms with Gasteiger partial charge in [0.15, 0.2) is 5.82 Å². The van der Waals surface area contributed by atoms with Crippen LogP contribution in [0.4, 0.5) is 0 Å². The number of ether oxygens (including phenoxy) is 2. The zero-order valence-corrected chi connectivity index (χ0v) is 10.5. The molecule has 0 saturated heterocycles. The lowest BCUT2D eigenvalue weighted by Crippen LogP contribution is -2.05. The number of hydrogen-bond acceptors (Lipinski definition) is 5. The quantitative estimate of drug-likeness (QED) is 0.849. The third-order valence-electron chi connectivity index (χ3n) is 2.58. The molecule has 1 heterocycles. The lowest BCUT2D eigenvalue weighted by atomic mass is 10.2. The van der Waals surface area contributed by atoms with Gasteiger partial charge in [0.05, 0.1) is 7.11 Å². The first-order chi connectivity index (χ1) is 8.72. The average Bonchev–Trinajstić information content (AvgIpc) is 2.81. The number of rotatable bonds is 5.